The lowest BCUT2D eigenvalue weighted by atomic mass is 10.3. The molecule has 8 heteroatoms. The van der Waals surface area contributed by atoms with Gasteiger partial charge in [0.15, 0.2) is 17.4 Å². The van der Waals surface area contributed by atoms with E-state index in [4.69, 9.17) is 11.6 Å². The second kappa shape index (κ2) is 5.34. The molecule has 2 aromatic rings. The maximum atomic E-state index is 13.0. The van der Waals surface area contributed by atoms with Gasteiger partial charge in [-0.25, -0.2) is 13.2 Å². The summed E-state index contributed by atoms with van der Waals surface area (Å²) in [6.07, 6.45) is 0. The Morgan fingerprint density at radius 1 is 0.950 bits per heavy atom. The number of benzene rings is 2. The van der Waals surface area contributed by atoms with Crippen LogP contribution in [0.5, 0.6) is 5.75 Å². The minimum atomic E-state index is -4.40. The van der Waals surface area contributed by atoms with Crippen LogP contribution >= 0.6 is 11.6 Å². The van der Waals surface area contributed by atoms with Crippen LogP contribution in [0.25, 0.3) is 0 Å². The van der Waals surface area contributed by atoms with Crippen molar-refractivity contribution in [2.45, 2.75) is 4.90 Å². The topological polar surface area (TPSA) is 43.4 Å². The molecule has 0 bridgehead atoms. The Labute approximate surface area is 117 Å². The lowest BCUT2D eigenvalue weighted by Gasteiger charge is -2.08. The number of hydrogen-bond acceptors (Lipinski definition) is 3. The van der Waals surface area contributed by atoms with Crippen molar-refractivity contribution in [1.29, 1.82) is 0 Å². The van der Waals surface area contributed by atoms with Crippen molar-refractivity contribution in [3.05, 3.63) is 58.9 Å². The van der Waals surface area contributed by atoms with Gasteiger partial charge in [0.25, 0.3) is 0 Å². The van der Waals surface area contributed by atoms with Crippen molar-refractivity contribution in [2.75, 3.05) is 0 Å². The lowest BCUT2D eigenvalue weighted by Crippen LogP contribution is -2.10. The molecule has 0 spiro atoms. The van der Waals surface area contributed by atoms with Gasteiger partial charge in [0, 0.05) is 0 Å². The van der Waals surface area contributed by atoms with Crippen LogP contribution in [-0.4, -0.2) is 8.42 Å². The van der Waals surface area contributed by atoms with E-state index in [0.717, 1.165) is 24.3 Å². The molecule has 0 aliphatic heterocycles. The molecular weight excluding hydrogens is 317 g/mol. The van der Waals surface area contributed by atoms with Gasteiger partial charge in [-0.15, -0.1) is 0 Å². The average molecular weight is 323 g/mol. The van der Waals surface area contributed by atoms with Crippen LogP contribution in [0.1, 0.15) is 0 Å². The third-order valence-corrected chi connectivity index (χ3v) is 3.80. The number of rotatable bonds is 3. The summed E-state index contributed by atoms with van der Waals surface area (Å²) < 4.78 is 66.9. The first-order chi connectivity index (χ1) is 9.29. The monoisotopic (exact) mass is 322 g/mol. The molecule has 0 saturated carbocycles. The van der Waals surface area contributed by atoms with Gasteiger partial charge in [-0.1, -0.05) is 11.6 Å². The van der Waals surface area contributed by atoms with Gasteiger partial charge in [-0.2, -0.15) is 8.42 Å². The minimum absolute atomic E-state index is 0.267. The Bertz CT molecular complexity index is 763. The fourth-order valence-electron chi connectivity index (χ4n) is 1.34. The van der Waals surface area contributed by atoms with Gasteiger partial charge in [0.05, 0.1) is 5.02 Å². The zero-order chi connectivity index (χ0) is 14.9. The van der Waals surface area contributed by atoms with E-state index in [1.165, 1.54) is 0 Å². The number of halogens is 4. The highest BCUT2D eigenvalue weighted by molar-refractivity contribution is 7.87. The molecule has 20 heavy (non-hydrogen) atoms. The van der Waals surface area contributed by atoms with Gasteiger partial charge < -0.3 is 4.18 Å². The van der Waals surface area contributed by atoms with Crippen LogP contribution in [0, 0.1) is 17.5 Å². The molecule has 106 valence electrons. The summed E-state index contributed by atoms with van der Waals surface area (Å²) in [7, 11) is -4.40. The summed E-state index contributed by atoms with van der Waals surface area (Å²) in [6, 6.07) is 4.78. The Morgan fingerprint density at radius 3 is 2.25 bits per heavy atom. The largest absolute Gasteiger partial charge is 0.377 e. The van der Waals surface area contributed by atoms with E-state index in [0.29, 0.717) is 12.1 Å². The second-order valence-electron chi connectivity index (χ2n) is 3.69. The van der Waals surface area contributed by atoms with E-state index in [2.05, 4.69) is 4.18 Å². The van der Waals surface area contributed by atoms with Gasteiger partial charge in [0.2, 0.25) is 0 Å². The van der Waals surface area contributed by atoms with Crippen molar-refractivity contribution >= 4 is 21.7 Å². The van der Waals surface area contributed by atoms with Crippen LogP contribution in [0.4, 0.5) is 13.2 Å². The molecule has 0 saturated heterocycles. The predicted octanol–water partition coefficient (Wildman–Crippen LogP) is 3.53. The van der Waals surface area contributed by atoms with E-state index in [-0.39, 0.29) is 10.8 Å². The molecule has 0 radical (unpaired) electrons. The molecule has 0 fully saturated rings. The first-order valence-corrected chi connectivity index (χ1v) is 6.93. The molecule has 2 rings (SSSR count). The zero-order valence-electron chi connectivity index (χ0n) is 9.61. The lowest BCUT2D eigenvalue weighted by molar-refractivity contribution is 0.478. The summed E-state index contributed by atoms with van der Waals surface area (Å²) in [5.41, 5.74) is 0. The Balaban J connectivity index is 2.38. The molecule has 0 amide bonds. The van der Waals surface area contributed by atoms with Gasteiger partial charge in [0.1, 0.15) is 10.7 Å². The number of hydrogen-bond donors (Lipinski definition) is 0. The molecule has 0 aliphatic rings. The highest BCUT2D eigenvalue weighted by atomic mass is 35.5. The van der Waals surface area contributed by atoms with Gasteiger partial charge in [-0.05, 0) is 36.4 Å². The second-order valence-corrected chi connectivity index (χ2v) is 5.64. The van der Waals surface area contributed by atoms with Crippen LogP contribution in [-0.2, 0) is 10.1 Å². The van der Waals surface area contributed by atoms with E-state index in [1.807, 2.05) is 0 Å². The van der Waals surface area contributed by atoms with Crippen LogP contribution in [0.15, 0.2) is 41.3 Å². The fourth-order valence-corrected chi connectivity index (χ4v) is 2.55. The standard InChI is InChI=1S/C12H6ClF3O3S/c13-9-5-7(14)1-4-12(9)19-20(17,18)8-2-3-10(15)11(16)6-8/h1-6H. The van der Waals surface area contributed by atoms with Crippen molar-refractivity contribution in [1.82, 2.24) is 0 Å². The summed E-state index contributed by atoms with van der Waals surface area (Å²) in [5.74, 6) is -3.52. The van der Waals surface area contributed by atoms with E-state index >= 15 is 0 Å². The van der Waals surface area contributed by atoms with E-state index in [1.54, 1.807) is 0 Å². The SMILES string of the molecule is O=S(=O)(Oc1ccc(F)cc1Cl)c1ccc(F)c(F)c1. The Hall–Kier alpha value is -1.73. The normalized spacial score (nSPS) is 11.4. The smallest absolute Gasteiger partial charge is 0.339 e. The summed E-state index contributed by atoms with van der Waals surface area (Å²) in [6.45, 7) is 0. The van der Waals surface area contributed by atoms with Gasteiger partial charge >= 0.3 is 10.1 Å². The molecule has 0 atom stereocenters. The molecule has 0 aliphatic carbocycles. The van der Waals surface area contributed by atoms with Gasteiger partial charge in [-0.3, -0.25) is 0 Å². The van der Waals surface area contributed by atoms with Crippen LogP contribution < -0.4 is 4.18 Å². The third-order valence-electron chi connectivity index (χ3n) is 2.27. The first kappa shape index (κ1) is 14.7. The zero-order valence-corrected chi connectivity index (χ0v) is 11.2. The van der Waals surface area contributed by atoms with Crippen LogP contribution in [0.2, 0.25) is 5.02 Å². The Kier molecular flexibility index (Phi) is 3.92. The summed E-state index contributed by atoms with van der Waals surface area (Å²) in [5, 5.41) is -0.267. The van der Waals surface area contributed by atoms with Crippen LogP contribution in [0.3, 0.4) is 0 Å². The van der Waals surface area contributed by atoms with E-state index in [9.17, 15) is 21.6 Å². The molecule has 0 N–H and O–H groups in total. The third kappa shape index (κ3) is 3.05. The maximum absolute atomic E-state index is 13.0. The molecule has 3 nitrogen and oxygen atoms in total. The average Bonchev–Trinajstić information content (AvgIpc) is 2.36. The minimum Gasteiger partial charge on any atom is -0.377 e. The molecular formula is C12H6ClF3O3S. The predicted molar refractivity (Wildman–Crippen MR) is 65.6 cm³/mol. The van der Waals surface area contributed by atoms with Crippen molar-refractivity contribution in [2.24, 2.45) is 0 Å². The highest BCUT2D eigenvalue weighted by Crippen LogP contribution is 2.28. The summed E-state index contributed by atoms with van der Waals surface area (Å²) in [4.78, 5) is -0.586. The van der Waals surface area contributed by atoms with Crippen molar-refractivity contribution in [3.8, 4) is 5.75 Å². The maximum Gasteiger partial charge on any atom is 0.339 e. The Morgan fingerprint density at radius 2 is 1.65 bits per heavy atom. The first-order valence-electron chi connectivity index (χ1n) is 5.14. The quantitative estimate of drug-likeness (QED) is 0.812. The molecule has 2 aromatic carbocycles. The molecule has 0 unspecified atom stereocenters. The summed E-state index contributed by atoms with van der Waals surface area (Å²) >= 11 is 5.62. The van der Waals surface area contributed by atoms with Crippen molar-refractivity contribution in [3.63, 3.8) is 0 Å². The van der Waals surface area contributed by atoms with Crippen molar-refractivity contribution < 1.29 is 25.8 Å². The molecule has 0 aromatic heterocycles. The van der Waals surface area contributed by atoms with E-state index < -0.39 is 32.5 Å². The highest BCUT2D eigenvalue weighted by Gasteiger charge is 2.20. The molecule has 0 heterocycles. The fraction of sp³-hybridized carbons (Fsp3) is 0.